The van der Waals surface area contributed by atoms with Crippen LogP contribution >= 0.6 is 0 Å². The van der Waals surface area contributed by atoms with E-state index < -0.39 is 17.6 Å². The second kappa shape index (κ2) is 4.56. The molecule has 2 aromatic rings. The van der Waals surface area contributed by atoms with Crippen LogP contribution in [0, 0.1) is 18.6 Å². The van der Waals surface area contributed by atoms with Crippen molar-refractivity contribution in [1.29, 1.82) is 0 Å². The standard InChI is InChI=1S/C12H10F2N2O2/c1-7-2-8(3-10(13)12(7)14)9-4-15-16(5-9)6-11(17)18/h2-5H,6H2,1H3,(H,17,18). The van der Waals surface area contributed by atoms with Crippen molar-refractivity contribution in [2.45, 2.75) is 13.5 Å². The molecule has 4 nitrogen and oxygen atoms in total. The minimum absolute atomic E-state index is 0.191. The molecule has 1 heterocycles. The Balaban J connectivity index is 2.37. The van der Waals surface area contributed by atoms with Gasteiger partial charge in [-0.3, -0.25) is 9.48 Å². The molecule has 6 heteroatoms. The summed E-state index contributed by atoms with van der Waals surface area (Å²) in [7, 11) is 0. The molecular weight excluding hydrogens is 242 g/mol. The van der Waals surface area contributed by atoms with Crippen molar-refractivity contribution in [3.8, 4) is 11.1 Å². The molecule has 0 aliphatic rings. The smallest absolute Gasteiger partial charge is 0.325 e. The molecule has 0 bridgehead atoms. The highest BCUT2D eigenvalue weighted by Crippen LogP contribution is 2.23. The summed E-state index contributed by atoms with van der Waals surface area (Å²) >= 11 is 0. The van der Waals surface area contributed by atoms with Crippen LogP contribution in [0.15, 0.2) is 24.5 Å². The molecule has 0 aliphatic carbocycles. The molecule has 0 aliphatic heterocycles. The van der Waals surface area contributed by atoms with E-state index in [-0.39, 0.29) is 12.1 Å². The first-order chi connectivity index (χ1) is 8.47. The maximum absolute atomic E-state index is 13.2. The first-order valence-corrected chi connectivity index (χ1v) is 5.17. The van der Waals surface area contributed by atoms with Crippen molar-refractivity contribution in [1.82, 2.24) is 9.78 Å². The van der Waals surface area contributed by atoms with Gasteiger partial charge in [0.2, 0.25) is 0 Å². The zero-order chi connectivity index (χ0) is 13.3. The SMILES string of the molecule is Cc1cc(-c2cnn(CC(=O)O)c2)cc(F)c1F. The Bertz CT molecular complexity index is 585. The van der Waals surface area contributed by atoms with Crippen LogP contribution in [0.5, 0.6) is 0 Å². The van der Waals surface area contributed by atoms with Gasteiger partial charge >= 0.3 is 5.97 Å². The zero-order valence-corrected chi connectivity index (χ0v) is 9.52. The van der Waals surface area contributed by atoms with E-state index in [0.717, 1.165) is 6.07 Å². The van der Waals surface area contributed by atoms with Gasteiger partial charge < -0.3 is 5.11 Å². The third kappa shape index (κ3) is 2.37. The van der Waals surface area contributed by atoms with Crippen molar-refractivity contribution >= 4 is 5.97 Å². The van der Waals surface area contributed by atoms with Gasteiger partial charge in [-0.1, -0.05) is 0 Å². The van der Waals surface area contributed by atoms with Gasteiger partial charge in [0, 0.05) is 11.8 Å². The van der Waals surface area contributed by atoms with Gasteiger partial charge in [0.1, 0.15) is 6.54 Å². The van der Waals surface area contributed by atoms with Crippen molar-refractivity contribution in [3.63, 3.8) is 0 Å². The Hall–Kier alpha value is -2.24. The predicted octanol–water partition coefficient (Wildman–Crippen LogP) is 2.22. The minimum atomic E-state index is -1.02. The third-order valence-corrected chi connectivity index (χ3v) is 2.47. The number of aliphatic carboxylic acids is 1. The first-order valence-electron chi connectivity index (χ1n) is 5.17. The second-order valence-electron chi connectivity index (χ2n) is 3.91. The predicted molar refractivity (Wildman–Crippen MR) is 60.0 cm³/mol. The Labute approximate surface area is 101 Å². The molecule has 0 atom stereocenters. The molecule has 0 unspecified atom stereocenters. The number of nitrogens with zero attached hydrogens (tertiary/aromatic N) is 2. The van der Waals surface area contributed by atoms with Gasteiger partial charge in [-0.15, -0.1) is 0 Å². The largest absolute Gasteiger partial charge is 0.480 e. The lowest BCUT2D eigenvalue weighted by Gasteiger charge is -2.02. The monoisotopic (exact) mass is 252 g/mol. The van der Waals surface area contributed by atoms with E-state index in [2.05, 4.69) is 5.10 Å². The summed E-state index contributed by atoms with van der Waals surface area (Å²) in [5.74, 6) is -2.83. The van der Waals surface area contributed by atoms with Crippen LogP contribution in [-0.4, -0.2) is 20.9 Å². The van der Waals surface area contributed by atoms with Gasteiger partial charge in [-0.05, 0) is 30.2 Å². The highest BCUT2D eigenvalue weighted by molar-refractivity contribution is 5.67. The van der Waals surface area contributed by atoms with Crippen LogP contribution < -0.4 is 0 Å². The second-order valence-corrected chi connectivity index (χ2v) is 3.91. The lowest BCUT2D eigenvalue weighted by atomic mass is 10.1. The number of rotatable bonds is 3. The fraction of sp³-hybridized carbons (Fsp3) is 0.167. The fourth-order valence-electron chi connectivity index (χ4n) is 1.63. The van der Waals surface area contributed by atoms with E-state index in [1.807, 2.05) is 0 Å². The Morgan fingerprint density at radius 2 is 2.11 bits per heavy atom. The van der Waals surface area contributed by atoms with Crippen molar-refractivity contribution in [2.24, 2.45) is 0 Å². The van der Waals surface area contributed by atoms with Gasteiger partial charge in [-0.25, -0.2) is 8.78 Å². The number of aryl methyl sites for hydroxylation is 1. The fourth-order valence-corrected chi connectivity index (χ4v) is 1.63. The molecule has 1 aromatic carbocycles. The topological polar surface area (TPSA) is 55.1 Å². The van der Waals surface area contributed by atoms with E-state index in [4.69, 9.17) is 5.11 Å². The van der Waals surface area contributed by atoms with Crippen LogP contribution in [0.3, 0.4) is 0 Å². The number of carbonyl (C=O) groups is 1. The molecular formula is C12H10F2N2O2. The van der Waals surface area contributed by atoms with Gasteiger partial charge in [-0.2, -0.15) is 5.10 Å². The molecule has 94 valence electrons. The molecule has 1 N–H and O–H groups in total. The number of benzene rings is 1. The number of hydrogen-bond donors (Lipinski definition) is 1. The first kappa shape index (κ1) is 12.2. The maximum Gasteiger partial charge on any atom is 0.325 e. The summed E-state index contributed by atoms with van der Waals surface area (Å²) in [6.07, 6.45) is 2.88. The van der Waals surface area contributed by atoms with Crippen LogP contribution in [0.25, 0.3) is 11.1 Å². The van der Waals surface area contributed by atoms with Crippen molar-refractivity contribution < 1.29 is 18.7 Å². The highest BCUT2D eigenvalue weighted by atomic mass is 19.2. The van der Waals surface area contributed by atoms with E-state index in [1.165, 1.54) is 30.1 Å². The average molecular weight is 252 g/mol. The molecule has 2 rings (SSSR count). The number of halogens is 2. The van der Waals surface area contributed by atoms with Gasteiger partial charge in [0.15, 0.2) is 11.6 Å². The molecule has 0 saturated heterocycles. The van der Waals surface area contributed by atoms with Crippen LogP contribution in [-0.2, 0) is 11.3 Å². The molecule has 1 aromatic heterocycles. The summed E-state index contributed by atoms with van der Waals surface area (Å²) < 4.78 is 27.6. The molecule has 0 fully saturated rings. The minimum Gasteiger partial charge on any atom is -0.480 e. The van der Waals surface area contributed by atoms with E-state index in [9.17, 15) is 13.6 Å². The highest BCUT2D eigenvalue weighted by Gasteiger charge is 2.10. The van der Waals surface area contributed by atoms with Crippen molar-refractivity contribution in [3.05, 3.63) is 41.7 Å². The van der Waals surface area contributed by atoms with Gasteiger partial charge in [0.25, 0.3) is 0 Å². The molecule has 0 radical (unpaired) electrons. The Morgan fingerprint density at radius 3 is 2.72 bits per heavy atom. The summed E-state index contributed by atoms with van der Waals surface area (Å²) in [5, 5.41) is 12.4. The number of carboxylic acids is 1. The molecule has 0 saturated carbocycles. The lowest BCUT2D eigenvalue weighted by Crippen LogP contribution is -2.08. The van der Waals surface area contributed by atoms with E-state index >= 15 is 0 Å². The van der Waals surface area contributed by atoms with Crippen LogP contribution in [0.4, 0.5) is 8.78 Å². The molecule has 0 spiro atoms. The molecule has 18 heavy (non-hydrogen) atoms. The lowest BCUT2D eigenvalue weighted by molar-refractivity contribution is -0.137. The summed E-state index contributed by atoms with van der Waals surface area (Å²) in [4.78, 5) is 10.5. The third-order valence-electron chi connectivity index (χ3n) is 2.47. The van der Waals surface area contributed by atoms with Gasteiger partial charge in [0.05, 0.1) is 6.20 Å². The number of aromatic nitrogens is 2. The molecule has 0 amide bonds. The summed E-state index contributed by atoms with van der Waals surface area (Å²) in [5.41, 5.74) is 1.19. The van der Waals surface area contributed by atoms with E-state index in [0.29, 0.717) is 11.1 Å². The van der Waals surface area contributed by atoms with Crippen LogP contribution in [0.1, 0.15) is 5.56 Å². The summed E-state index contributed by atoms with van der Waals surface area (Å²) in [6, 6.07) is 2.55. The van der Waals surface area contributed by atoms with E-state index in [1.54, 1.807) is 0 Å². The zero-order valence-electron chi connectivity index (χ0n) is 9.52. The normalized spacial score (nSPS) is 10.6. The average Bonchev–Trinajstić information content (AvgIpc) is 2.72. The summed E-state index contributed by atoms with van der Waals surface area (Å²) in [6.45, 7) is 1.19. The quantitative estimate of drug-likeness (QED) is 0.911. The number of carboxylic acid groups (broad SMARTS) is 1. The Morgan fingerprint density at radius 1 is 1.39 bits per heavy atom. The number of hydrogen-bond acceptors (Lipinski definition) is 2. The maximum atomic E-state index is 13.2. The van der Waals surface area contributed by atoms with Crippen molar-refractivity contribution in [2.75, 3.05) is 0 Å². The van der Waals surface area contributed by atoms with Crippen LogP contribution in [0.2, 0.25) is 0 Å². The Kier molecular flexibility index (Phi) is 3.10.